The van der Waals surface area contributed by atoms with E-state index < -0.39 is 8.25 Å². The van der Waals surface area contributed by atoms with Crippen LogP contribution in [0.1, 0.15) is 32.1 Å². The van der Waals surface area contributed by atoms with Gasteiger partial charge in [-0.25, -0.2) is 0 Å². The van der Waals surface area contributed by atoms with Gasteiger partial charge in [-0.3, -0.25) is 0 Å². The van der Waals surface area contributed by atoms with Gasteiger partial charge in [-0.05, 0) is 25.7 Å². The number of halogens is 6. The van der Waals surface area contributed by atoms with Crippen LogP contribution in [-0.4, -0.2) is 21.7 Å². The van der Waals surface area contributed by atoms with Gasteiger partial charge in [-0.1, -0.05) is 95.6 Å². The molecule has 0 saturated carbocycles. The van der Waals surface area contributed by atoms with E-state index in [4.69, 9.17) is 9.42 Å². The van der Waals surface area contributed by atoms with E-state index in [0.29, 0.717) is 12.8 Å². The van der Waals surface area contributed by atoms with Crippen LogP contribution in [-0.2, 0) is 9.09 Å². The van der Waals surface area contributed by atoms with E-state index in [-0.39, 0.29) is 16.8 Å². The first-order valence-corrected chi connectivity index (χ1v) is 11.8. The maximum Gasteiger partial charge on any atom is 0.694 e. The topological polar surface area (TPSA) is 46.5 Å². The minimum Gasteiger partial charge on any atom is -0.133 e. The molecule has 10 heteroatoms. The Morgan fingerprint density at radius 1 is 1.05 bits per heavy atom. The smallest absolute Gasteiger partial charge is 0.133 e. The quantitative estimate of drug-likeness (QED) is 0.207. The zero-order chi connectivity index (χ0) is 15.1. The van der Waals surface area contributed by atoms with E-state index in [1.807, 2.05) is 0 Å². The molecule has 0 aliphatic heterocycles. The van der Waals surface area contributed by atoms with E-state index in [1.54, 1.807) is 0 Å². The minimum atomic E-state index is -2.59. The Bertz CT molecular complexity index is 277. The van der Waals surface area contributed by atoms with Crippen LogP contribution in [0.5, 0.6) is 0 Å². The van der Waals surface area contributed by atoms with Crippen molar-refractivity contribution in [2.75, 3.05) is 0 Å². The van der Waals surface area contributed by atoms with Gasteiger partial charge in [0.25, 0.3) is 0 Å². The number of alkyl halides is 6. The van der Waals surface area contributed by atoms with Gasteiger partial charge in [0, 0.05) is 11.0 Å². The molecule has 0 aromatic rings. The second-order valence-corrected chi connectivity index (χ2v) is 15.6. The van der Waals surface area contributed by atoms with Crippen LogP contribution in [0.15, 0.2) is 0 Å². The lowest BCUT2D eigenvalue weighted by Gasteiger charge is -2.24. The van der Waals surface area contributed by atoms with Crippen molar-refractivity contribution in [3.05, 3.63) is 0 Å². The standard InChI is InChI=1S/C9H13Br6O3P/c10-7(11)2-1-6(18-19(16)17)5-9(14,15)4-3-8(12)13/h6-8H,1-5H2/p+1. The summed E-state index contributed by atoms with van der Waals surface area (Å²) >= 11 is 20.8. The van der Waals surface area contributed by atoms with Crippen LogP contribution < -0.4 is 0 Å². The van der Waals surface area contributed by atoms with Crippen molar-refractivity contribution in [2.45, 2.75) is 48.9 Å². The van der Waals surface area contributed by atoms with Crippen molar-refractivity contribution in [3.8, 4) is 0 Å². The fraction of sp³-hybridized carbons (Fsp3) is 1.00. The molecular formula is C9H14Br6O3P+. The van der Waals surface area contributed by atoms with Crippen LogP contribution in [0.25, 0.3) is 0 Å². The molecule has 0 fully saturated rings. The molecule has 0 aromatic heterocycles. The molecule has 3 nitrogen and oxygen atoms in total. The van der Waals surface area contributed by atoms with Gasteiger partial charge in [0.2, 0.25) is 0 Å². The summed E-state index contributed by atoms with van der Waals surface area (Å²) in [5, 5.41) is 0. The fourth-order valence-electron chi connectivity index (χ4n) is 1.39. The van der Waals surface area contributed by atoms with Gasteiger partial charge in [0.05, 0.1) is 10.7 Å². The zero-order valence-corrected chi connectivity index (χ0v) is 20.2. The third-order valence-corrected chi connectivity index (χ3v) is 5.95. The number of hydrogen-bond donors (Lipinski definition) is 1. The van der Waals surface area contributed by atoms with Crippen LogP contribution >= 0.6 is 104 Å². The molecule has 0 spiro atoms. The molecule has 2 unspecified atom stereocenters. The summed E-state index contributed by atoms with van der Waals surface area (Å²) in [6.07, 6.45) is 3.58. The van der Waals surface area contributed by atoms with Crippen molar-refractivity contribution in [1.29, 1.82) is 0 Å². The molecule has 0 bridgehead atoms. The molecule has 114 valence electrons. The van der Waals surface area contributed by atoms with Crippen molar-refractivity contribution in [3.63, 3.8) is 0 Å². The molecule has 0 aliphatic rings. The molecule has 0 amide bonds. The lowest BCUT2D eigenvalue weighted by molar-refractivity contribution is 0.165. The van der Waals surface area contributed by atoms with E-state index >= 15 is 0 Å². The molecule has 0 aromatic carbocycles. The maximum atomic E-state index is 10.9. The fourth-order valence-corrected chi connectivity index (χ4v) is 3.99. The van der Waals surface area contributed by atoms with Crippen LogP contribution in [0.4, 0.5) is 0 Å². The molecule has 2 atom stereocenters. The Labute approximate surface area is 165 Å². The average molecular weight is 681 g/mol. The normalized spacial score (nSPS) is 15.1. The summed E-state index contributed by atoms with van der Waals surface area (Å²) in [6.45, 7) is 0. The second kappa shape index (κ2) is 11.4. The van der Waals surface area contributed by atoms with Crippen LogP contribution in [0.3, 0.4) is 0 Å². The molecule has 0 aliphatic carbocycles. The van der Waals surface area contributed by atoms with Gasteiger partial charge < -0.3 is 0 Å². The van der Waals surface area contributed by atoms with Gasteiger partial charge in [0.15, 0.2) is 0 Å². The maximum absolute atomic E-state index is 10.9. The van der Waals surface area contributed by atoms with E-state index in [1.165, 1.54) is 0 Å². The third-order valence-electron chi connectivity index (χ3n) is 2.20. The Balaban J connectivity index is 4.38. The summed E-state index contributed by atoms with van der Waals surface area (Å²) in [7, 11) is -2.59. The monoisotopic (exact) mass is 675 g/mol. The molecule has 0 saturated heterocycles. The van der Waals surface area contributed by atoms with Crippen LogP contribution in [0, 0.1) is 0 Å². The highest BCUT2D eigenvalue weighted by Crippen LogP contribution is 2.41. The van der Waals surface area contributed by atoms with E-state index in [9.17, 15) is 4.57 Å². The van der Waals surface area contributed by atoms with Gasteiger partial charge in [0.1, 0.15) is 6.10 Å². The largest absolute Gasteiger partial charge is 0.694 e. The summed E-state index contributed by atoms with van der Waals surface area (Å²) < 4.78 is 16.1. The lowest BCUT2D eigenvalue weighted by Crippen LogP contribution is -2.23. The molecule has 0 rings (SSSR count). The second-order valence-electron chi connectivity index (χ2n) is 3.92. The first-order valence-electron chi connectivity index (χ1n) is 5.39. The zero-order valence-electron chi connectivity index (χ0n) is 9.75. The Morgan fingerprint density at radius 3 is 2.00 bits per heavy atom. The minimum absolute atomic E-state index is 0.178. The molecule has 1 N–H and O–H groups in total. The highest BCUT2D eigenvalue weighted by atomic mass is 79.9. The van der Waals surface area contributed by atoms with Gasteiger partial charge in [-0.2, -0.15) is 0 Å². The van der Waals surface area contributed by atoms with Crippen molar-refractivity contribution in [1.82, 2.24) is 0 Å². The highest BCUT2D eigenvalue weighted by molar-refractivity contribution is 9.25. The highest BCUT2D eigenvalue weighted by Gasteiger charge is 2.33. The van der Waals surface area contributed by atoms with Gasteiger partial charge in [-0.15, -0.1) is 9.42 Å². The molecule has 19 heavy (non-hydrogen) atoms. The Kier molecular flexibility index (Phi) is 13.2. The van der Waals surface area contributed by atoms with Crippen molar-refractivity contribution >= 4 is 104 Å². The summed E-state index contributed by atoms with van der Waals surface area (Å²) in [5.41, 5.74) is 0. The predicted molar refractivity (Wildman–Crippen MR) is 102 cm³/mol. The SMILES string of the molecule is O=[P+](O)OC(CCC(Br)Br)CC(Br)(Br)CCC(Br)Br. The van der Waals surface area contributed by atoms with E-state index in [2.05, 4.69) is 95.6 Å². The Hall–Kier alpha value is 2.90. The number of hydrogen-bond acceptors (Lipinski definition) is 2. The summed E-state index contributed by atoms with van der Waals surface area (Å²) in [6, 6.07) is 0. The summed E-state index contributed by atoms with van der Waals surface area (Å²) in [4.78, 5) is 8.92. The first kappa shape index (κ1) is 21.9. The molecule has 0 radical (unpaired) electrons. The predicted octanol–water partition coefficient (Wildman–Crippen LogP) is 6.69. The molecular weight excluding hydrogens is 666 g/mol. The van der Waals surface area contributed by atoms with Crippen LogP contribution in [0.2, 0.25) is 0 Å². The summed E-state index contributed by atoms with van der Waals surface area (Å²) in [5.74, 6) is 0. The van der Waals surface area contributed by atoms with Gasteiger partial charge >= 0.3 is 8.25 Å². The average Bonchev–Trinajstić information content (AvgIpc) is 2.22. The van der Waals surface area contributed by atoms with Crippen molar-refractivity contribution in [2.24, 2.45) is 0 Å². The molecule has 0 heterocycles. The first-order chi connectivity index (χ1) is 8.62. The van der Waals surface area contributed by atoms with E-state index in [0.717, 1.165) is 19.3 Å². The third kappa shape index (κ3) is 14.2. The number of rotatable bonds is 10. The lowest BCUT2D eigenvalue weighted by atomic mass is 10.1. The Morgan fingerprint density at radius 2 is 1.58 bits per heavy atom. The van der Waals surface area contributed by atoms with Crippen molar-refractivity contribution < 1.29 is 14.0 Å².